The fraction of sp³-hybridized carbons (Fsp3) is 0.417. The standard InChI is InChI=1S/C12H17BrN2O.ClH/c1-9(7-14-2)12(16)15-8-10-4-3-5-11(13)6-10;/h3-6,9,14H,7-8H2,1-2H3,(H,15,16);1H. The summed E-state index contributed by atoms with van der Waals surface area (Å²) in [4.78, 5) is 11.6. The van der Waals surface area contributed by atoms with Gasteiger partial charge in [-0.1, -0.05) is 35.0 Å². The number of hydrogen-bond donors (Lipinski definition) is 2. The Balaban J connectivity index is 0.00000256. The Morgan fingerprint density at radius 2 is 2.18 bits per heavy atom. The first-order valence-electron chi connectivity index (χ1n) is 5.30. The van der Waals surface area contributed by atoms with Gasteiger partial charge in [0, 0.05) is 23.5 Å². The second-order valence-electron chi connectivity index (χ2n) is 3.81. The fourth-order valence-corrected chi connectivity index (χ4v) is 1.86. The fourth-order valence-electron chi connectivity index (χ4n) is 1.41. The zero-order valence-corrected chi connectivity index (χ0v) is 12.4. The predicted molar refractivity (Wildman–Crippen MR) is 76.3 cm³/mol. The average molecular weight is 322 g/mol. The summed E-state index contributed by atoms with van der Waals surface area (Å²) in [7, 11) is 1.85. The van der Waals surface area contributed by atoms with Gasteiger partial charge in [0.1, 0.15) is 0 Å². The Morgan fingerprint density at radius 3 is 2.76 bits per heavy atom. The van der Waals surface area contributed by atoms with Gasteiger partial charge in [0.2, 0.25) is 5.91 Å². The van der Waals surface area contributed by atoms with E-state index in [2.05, 4.69) is 26.6 Å². The molecule has 1 amide bonds. The Hall–Kier alpha value is -0.580. The topological polar surface area (TPSA) is 41.1 Å². The lowest BCUT2D eigenvalue weighted by Crippen LogP contribution is -2.33. The van der Waals surface area contributed by atoms with Crippen LogP contribution in [0.4, 0.5) is 0 Å². The van der Waals surface area contributed by atoms with Gasteiger partial charge in [-0.25, -0.2) is 0 Å². The van der Waals surface area contributed by atoms with E-state index in [0.29, 0.717) is 13.1 Å². The van der Waals surface area contributed by atoms with Crippen molar-refractivity contribution in [3.63, 3.8) is 0 Å². The number of hydrogen-bond acceptors (Lipinski definition) is 2. The molecular formula is C12H18BrClN2O. The first kappa shape index (κ1) is 16.4. The number of amides is 1. The zero-order valence-electron chi connectivity index (χ0n) is 10.00. The molecule has 3 nitrogen and oxygen atoms in total. The molecular weight excluding hydrogens is 304 g/mol. The Kier molecular flexibility index (Phi) is 8.21. The molecule has 0 saturated carbocycles. The summed E-state index contributed by atoms with van der Waals surface area (Å²) in [6.45, 7) is 3.18. The Morgan fingerprint density at radius 1 is 1.47 bits per heavy atom. The zero-order chi connectivity index (χ0) is 12.0. The normalized spacial score (nSPS) is 11.5. The van der Waals surface area contributed by atoms with Crippen LogP contribution in [0.3, 0.4) is 0 Å². The number of halogens is 2. The van der Waals surface area contributed by atoms with E-state index >= 15 is 0 Å². The summed E-state index contributed by atoms with van der Waals surface area (Å²) >= 11 is 3.40. The molecule has 0 aliphatic rings. The Labute approximate surface area is 117 Å². The minimum absolute atomic E-state index is 0. The number of carbonyl (C=O) groups excluding carboxylic acids is 1. The average Bonchev–Trinajstić information content (AvgIpc) is 2.26. The van der Waals surface area contributed by atoms with Crippen LogP contribution in [0.1, 0.15) is 12.5 Å². The van der Waals surface area contributed by atoms with Crippen LogP contribution in [-0.4, -0.2) is 19.5 Å². The van der Waals surface area contributed by atoms with E-state index in [1.165, 1.54) is 0 Å². The van der Waals surface area contributed by atoms with Crippen molar-refractivity contribution < 1.29 is 4.79 Å². The third-order valence-corrected chi connectivity index (χ3v) is 2.81. The smallest absolute Gasteiger partial charge is 0.224 e. The molecule has 1 unspecified atom stereocenters. The monoisotopic (exact) mass is 320 g/mol. The van der Waals surface area contributed by atoms with Gasteiger partial charge in [-0.2, -0.15) is 0 Å². The third-order valence-electron chi connectivity index (χ3n) is 2.31. The summed E-state index contributed by atoms with van der Waals surface area (Å²) < 4.78 is 1.03. The summed E-state index contributed by atoms with van der Waals surface area (Å²) in [5.41, 5.74) is 1.10. The van der Waals surface area contributed by atoms with Crippen molar-refractivity contribution in [3.05, 3.63) is 34.3 Å². The van der Waals surface area contributed by atoms with E-state index in [0.717, 1.165) is 10.0 Å². The van der Waals surface area contributed by atoms with Gasteiger partial charge < -0.3 is 10.6 Å². The molecule has 1 atom stereocenters. The van der Waals surface area contributed by atoms with Crippen molar-refractivity contribution in [1.82, 2.24) is 10.6 Å². The molecule has 0 bridgehead atoms. The van der Waals surface area contributed by atoms with E-state index < -0.39 is 0 Å². The summed E-state index contributed by atoms with van der Waals surface area (Å²) in [6.07, 6.45) is 0. The van der Waals surface area contributed by atoms with E-state index in [1.807, 2.05) is 38.2 Å². The quantitative estimate of drug-likeness (QED) is 0.874. The summed E-state index contributed by atoms with van der Waals surface area (Å²) in [5, 5.41) is 5.90. The van der Waals surface area contributed by atoms with E-state index in [4.69, 9.17) is 0 Å². The van der Waals surface area contributed by atoms with Crippen LogP contribution in [0, 0.1) is 5.92 Å². The van der Waals surface area contributed by atoms with Crippen LogP contribution in [0.15, 0.2) is 28.7 Å². The van der Waals surface area contributed by atoms with Gasteiger partial charge in [0.25, 0.3) is 0 Å². The predicted octanol–water partition coefficient (Wildman–Crippen LogP) is 2.34. The van der Waals surface area contributed by atoms with Crippen LogP contribution in [0.2, 0.25) is 0 Å². The van der Waals surface area contributed by atoms with E-state index in [-0.39, 0.29) is 24.2 Å². The highest BCUT2D eigenvalue weighted by atomic mass is 79.9. The van der Waals surface area contributed by atoms with Crippen LogP contribution in [-0.2, 0) is 11.3 Å². The summed E-state index contributed by atoms with van der Waals surface area (Å²) in [6, 6.07) is 7.92. The van der Waals surface area contributed by atoms with Crippen molar-refractivity contribution >= 4 is 34.2 Å². The van der Waals surface area contributed by atoms with Gasteiger partial charge in [-0.05, 0) is 24.7 Å². The molecule has 0 saturated heterocycles. The van der Waals surface area contributed by atoms with Crippen molar-refractivity contribution in [2.75, 3.05) is 13.6 Å². The van der Waals surface area contributed by atoms with Gasteiger partial charge in [0.05, 0.1) is 0 Å². The number of nitrogens with one attached hydrogen (secondary N) is 2. The summed E-state index contributed by atoms with van der Waals surface area (Å²) in [5.74, 6) is 0.0754. The SMILES string of the molecule is CNCC(C)C(=O)NCc1cccc(Br)c1.Cl. The lowest BCUT2D eigenvalue weighted by Gasteiger charge is -2.11. The van der Waals surface area contributed by atoms with E-state index in [9.17, 15) is 4.79 Å². The van der Waals surface area contributed by atoms with Crippen LogP contribution < -0.4 is 10.6 Å². The van der Waals surface area contributed by atoms with Crippen LogP contribution in [0.5, 0.6) is 0 Å². The highest BCUT2D eigenvalue weighted by molar-refractivity contribution is 9.10. The molecule has 0 heterocycles. The molecule has 5 heteroatoms. The minimum atomic E-state index is -0.00264. The molecule has 0 aliphatic carbocycles. The highest BCUT2D eigenvalue weighted by Gasteiger charge is 2.10. The number of rotatable bonds is 5. The molecule has 0 fully saturated rings. The van der Waals surface area contributed by atoms with Crippen LogP contribution >= 0.6 is 28.3 Å². The van der Waals surface area contributed by atoms with Gasteiger partial charge >= 0.3 is 0 Å². The molecule has 1 aromatic rings. The lowest BCUT2D eigenvalue weighted by molar-refractivity contribution is -0.124. The van der Waals surface area contributed by atoms with Crippen molar-refractivity contribution in [1.29, 1.82) is 0 Å². The molecule has 17 heavy (non-hydrogen) atoms. The third kappa shape index (κ3) is 6.05. The Bertz CT molecular complexity index is 360. The second kappa shape index (κ2) is 8.50. The molecule has 1 rings (SSSR count). The van der Waals surface area contributed by atoms with Crippen molar-refractivity contribution in [2.45, 2.75) is 13.5 Å². The van der Waals surface area contributed by atoms with Crippen molar-refractivity contribution in [3.8, 4) is 0 Å². The molecule has 1 aromatic carbocycles. The largest absolute Gasteiger partial charge is 0.352 e. The minimum Gasteiger partial charge on any atom is -0.352 e. The second-order valence-corrected chi connectivity index (χ2v) is 4.72. The van der Waals surface area contributed by atoms with Crippen molar-refractivity contribution in [2.24, 2.45) is 5.92 Å². The highest BCUT2D eigenvalue weighted by Crippen LogP contribution is 2.11. The van der Waals surface area contributed by atoms with Gasteiger partial charge in [-0.3, -0.25) is 4.79 Å². The first-order chi connectivity index (χ1) is 7.63. The molecule has 0 aromatic heterocycles. The molecule has 2 N–H and O–H groups in total. The number of benzene rings is 1. The lowest BCUT2D eigenvalue weighted by atomic mass is 10.1. The van der Waals surface area contributed by atoms with E-state index in [1.54, 1.807) is 0 Å². The van der Waals surface area contributed by atoms with Gasteiger partial charge in [0.15, 0.2) is 0 Å². The van der Waals surface area contributed by atoms with Crippen LogP contribution in [0.25, 0.3) is 0 Å². The molecule has 0 spiro atoms. The maximum absolute atomic E-state index is 11.6. The molecule has 0 aliphatic heterocycles. The first-order valence-corrected chi connectivity index (χ1v) is 6.09. The maximum Gasteiger partial charge on any atom is 0.224 e. The molecule has 0 radical (unpaired) electrons. The number of carbonyl (C=O) groups is 1. The molecule has 96 valence electrons. The maximum atomic E-state index is 11.6. The van der Waals surface area contributed by atoms with Gasteiger partial charge in [-0.15, -0.1) is 12.4 Å².